The normalized spacial score (nSPS) is 13.4. The van der Waals surface area contributed by atoms with E-state index in [4.69, 9.17) is 4.74 Å². The fourth-order valence-corrected chi connectivity index (χ4v) is 4.77. The van der Waals surface area contributed by atoms with Gasteiger partial charge in [0.25, 0.3) is 0 Å². The topological polar surface area (TPSA) is 89.5 Å². The fourth-order valence-electron chi connectivity index (χ4n) is 2.19. The molecule has 2 aromatic rings. The zero-order valence-corrected chi connectivity index (χ0v) is 17.1. The van der Waals surface area contributed by atoms with Crippen molar-refractivity contribution in [2.75, 3.05) is 13.4 Å². The van der Waals surface area contributed by atoms with E-state index in [0.29, 0.717) is 15.8 Å². The summed E-state index contributed by atoms with van der Waals surface area (Å²) >= 11 is 3.26. The average Bonchev–Trinajstić information content (AvgIpc) is 2.53. The van der Waals surface area contributed by atoms with Gasteiger partial charge in [-0.15, -0.1) is 0 Å². The van der Waals surface area contributed by atoms with Crippen molar-refractivity contribution in [1.29, 1.82) is 0 Å². The molecule has 0 saturated heterocycles. The number of halogens is 1. The summed E-state index contributed by atoms with van der Waals surface area (Å²) in [5.74, 6) is 0.531. The van der Waals surface area contributed by atoms with E-state index in [1.807, 2.05) is 0 Å². The Hall–Kier alpha value is -1.42. The second-order valence-electron chi connectivity index (χ2n) is 5.48. The van der Waals surface area contributed by atoms with Crippen LogP contribution < -0.4 is 9.46 Å². The third-order valence-corrected chi connectivity index (χ3v) is 6.86. The smallest absolute Gasteiger partial charge is 0.241 e. The Morgan fingerprint density at radius 1 is 1.00 bits per heavy atom. The van der Waals surface area contributed by atoms with Gasteiger partial charge < -0.3 is 4.74 Å². The Bertz CT molecular complexity index is 970. The molecule has 2 aromatic carbocycles. The maximum absolute atomic E-state index is 12.5. The van der Waals surface area contributed by atoms with Gasteiger partial charge in [-0.25, -0.2) is 21.6 Å². The van der Waals surface area contributed by atoms with E-state index in [0.717, 1.165) is 6.26 Å². The SMILES string of the molecule is COc1ccc(S(=O)(=O)N[C@H](C)c2ccc(S(C)(=O)=O)cc2)cc1Br. The molecule has 0 aromatic heterocycles. The maximum Gasteiger partial charge on any atom is 0.241 e. The quantitative estimate of drug-likeness (QED) is 0.734. The summed E-state index contributed by atoms with van der Waals surface area (Å²) in [6.45, 7) is 1.69. The van der Waals surface area contributed by atoms with Crippen LogP contribution in [0.15, 0.2) is 56.7 Å². The molecule has 0 amide bonds. The minimum atomic E-state index is -3.75. The van der Waals surface area contributed by atoms with Crippen LogP contribution >= 0.6 is 15.9 Å². The molecule has 0 aliphatic heterocycles. The summed E-state index contributed by atoms with van der Waals surface area (Å²) in [6.07, 6.45) is 1.12. The summed E-state index contributed by atoms with van der Waals surface area (Å²) < 4.78 is 56.2. The Balaban J connectivity index is 2.24. The van der Waals surface area contributed by atoms with Crippen molar-refractivity contribution in [2.24, 2.45) is 0 Å². The minimum Gasteiger partial charge on any atom is -0.496 e. The average molecular weight is 448 g/mol. The van der Waals surface area contributed by atoms with Crippen molar-refractivity contribution in [3.63, 3.8) is 0 Å². The van der Waals surface area contributed by atoms with Crippen LogP contribution in [0, 0.1) is 0 Å². The van der Waals surface area contributed by atoms with Crippen LogP contribution in [-0.4, -0.2) is 30.2 Å². The molecule has 25 heavy (non-hydrogen) atoms. The first-order valence-corrected chi connectivity index (χ1v) is 11.4. The maximum atomic E-state index is 12.5. The first-order valence-electron chi connectivity index (χ1n) is 7.20. The molecule has 0 aliphatic carbocycles. The van der Waals surface area contributed by atoms with Crippen molar-refractivity contribution in [1.82, 2.24) is 4.72 Å². The Kier molecular flexibility index (Phi) is 5.93. The van der Waals surface area contributed by atoms with Crippen molar-refractivity contribution < 1.29 is 21.6 Å². The van der Waals surface area contributed by atoms with Gasteiger partial charge in [0.2, 0.25) is 10.0 Å². The van der Waals surface area contributed by atoms with Gasteiger partial charge in [0.15, 0.2) is 9.84 Å². The number of nitrogens with one attached hydrogen (secondary N) is 1. The van der Waals surface area contributed by atoms with Crippen LogP contribution in [0.3, 0.4) is 0 Å². The highest BCUT2D eigenvalue weighted by atomic mass is 79.9. The third-order valence-electron chi connectivity index (χ3n) is 3.57. The third kappa shape index (κ3) is 4.81. The number of hydrogen-bond acceptors (Lipinski definition) is 5. The number of benzene rings is 2. The van der Waals surface area contributed by atoms with Crippen LogP contribution in [-0.2, 0) is 19.9 Å². The largest absolute Gasteiger partial charge is 0.496 e. The van der Waals surface area contributed by atoms with Gasteiger partial charge in [0, 0.05) is 12.3 Å². The molecular formula is C16H18BrNO5S2. The molecule has 6 nitrogen and oxygen atoms in total. The number of sulfonamides is 1. The molecule has 2 rings (SSSR count). The summed E-state index contributed by atoms with van der Waals surface area (Å²) in [7, 11) is -5.54. The van der Waals surface area contributed by atoms with E-state index in [1.165, 1.54) is 31.4 Å². The molecule has 0 saturated carbocycles. The number of rotatable bonds is 6. The summed E-state index contributed by atoms with van der Waals surface area (Å²) in [5.41, 5.74) is 0.656. The lowest BCUT2D eigenvalue weighted by Gasteiger charge is -2.15. The Morgan fingerprint density at radius 2 is 1.56 bits per heavy atom. The highest BCUT2D eigenvalue weighted by Crippen LogP contribution is 2.28. The van der Waals surface area contributed by atoms with E-state index in [-0.39, 0.29) is 9.79 Å². The molecule has 0 spiro atoms. The minimum absolute atomic E-state index is 0.0970. The van der Waals surface area contributed by atoms with E-state index < -0.39 is 25.9 Å². The predicted octanol–water partition coefficient (Wildman–Crippen LogP) is 2.90. The molecule has 0 radical (unpaired) electrons. The zero-order valence-electron chi connectivity index (χ0n) is 13.9. The van der Waals surface area contributed by atoms with Crippen molar-refractivity contribution >= 4 is 35.8 Å². The lowest BCUT2D eigenvalue weighted by molar-refractivity contribution is 0.411. The van der Waals surface area contributed by atoms with Gasteiger partial charge in [-0.2, -0.15) is 0 Å². The highest BCUT2D eigenvalue weighted by molar-refractivity contribution is 9.10. The fraction of sp³-hybridized carbons (Fsp3) is 0.250. The number of sulfone groups is 1. The van der Waals surface area contributed by atoms with Gasteiger partial charge in [0.05, 0.1) is 21.4 Å². The molecule has 1 N–H and O–H groups in total. The van der Waals surface area contributed by atoms with Crippen LogP contribution in [0.25, 0.3) is 0 Å². The first kappa shape index (κ1) is 19.9. The first-order chi connectivity index (χ1) is 11.5. The van der Waals surface area contributed by atoms with Gasteiger partial charge in [0.1, 0.15) is 5.75 Å². The molecule has 0 heterocycles. The van der Waals surface area contributed by atoms with Crippen LogP contribution in [0.2, 0.25) is 0 Å². The standard InChI is InChI=1S/C16H18BrNO5S2/c1-11(12-4-6-13(7-5-12)24(3,19)20)18-25(21,22)14-8-9-16(23-2)15(17)10-14/h4-11,18H,1-3H3/t11-/m1/s1. The second-order valence-corrected chi connectivity index (χ2v) is 10.1. The summed E-state index contributed by atoms with van der Waals surface area (Å²) in [4.78, 5) is 0.283. The molecule has 0 bridgehead atoms. The summed E-state index contributed by atoms with van der Waals surface area (Å²) in [5, 5.41) is 0. The zero-order chi connectivity index (χ0) is 18.8. The van der Waals surface area contributed by atoms with E-state index in [9.17, 15) is 16.8 Å². The highest BCUT2D eigenvalue weighted by Gasteiger charge is 2.20. The molecule has 1 atom stereocenters. The van der Waals surface area contributed by atoms with Crippen LogP contribution in [0.4, 0.5) is 0 Å². The molecule has 0 fully saturated rings. The van der Waals surface area contributed by atoms with Crippen LogP contribution in [0.1, 0.15) is 18.5 Å². The number of ether oxygens (including phenoxy) is 1. The lowest BCUT2D eigenvalue weighted by atomic mass is 10.1. The van der Waals surface area contributed by atoms with Gasteiger partial charge >= 0.3 is 0 Å². The van der Waals surface area contributed by atoms with E-state index >= 15 is 0 Å². The van der Waals surface area contributed by atoms with Gasteiger partial charge in [-0.1, -0.05) is 12.1 Å². The molecular weight excluding hydrogens is 430 g/mol. The van der Waals surface area contributed by atoms with Crippen LogP contribution in [0.5, 0.6) is 5.75 Å². The van der Waals surface area contributed by atoms with Crippen molar-refractivity contribution in [3.05, 3.63) is 52.5 Å². The molecule has 9 heteroatoms. The van der Waals surface area contributed by atoms with E-state index in [1.54, 1.807) is 25.1 Å². The monoisotopic (exact) mass is 447 g/mol. The van der Waals surface area contributed by atoms with Crippen molar-refractivity contribution in [3.8, 4) is 5.75 Å². The second kappa shape index (κ2) is 7.45. The lowest BCUT2D eigenvalue weighted by Crippen LogP contribution is -2.27. The van der Waals surface area contributed by atoms with Gasteiger partial charge in [-0.05, 0) is 58.7 Å². The predicted molar refractivity (Wildman–Crippen MR) is 99.0 cm³/mol. The summed E-state index contributed by atoms with van der Waals surface area (Å²) in [6, 6.07) is 10.0. The van der Waals surface area contributed by atoms with Gasteiger partial charge in [-0.3, -0.25) is 0 Å². The number of methoxy groups -OCH3 is 1. The Morgan fingerprint density at radius 3 is 2.04 bits per heavy atom. The molecule has 136 valence electrons. The number of hydrogen-bond donors (Lipinski definition) is 1. The van der Waals surface area contributed by atoms with E-state index in [2.05, 4.69) is 20.7 Å². The molecule has 0 aliphatic rings. The molecule has 0 unspecified atom stereocenters. The van der Waals surface area contributed by atoms with Crippen molar-refractivity contribution in [2.45, 2.75) is 22.8 Å². The Labute approximate surface area is 156 Å².